The SMILES string of the molecule is CC(C)n1nccc1NC(=O)CN[C@@H](C)[C@@H](C)n1cccn1. The molecule has 0 aliphatic heterocycles. The maximum absolute atomic E-state index is 12.1. The Morgan fingerprint density at radius 2 is 2.00 bits per heavy atom. The molecule has 7 nitrogen and oxygen atoms in total. The van der Waals surface area contributed by atoms with E-state index in [1.165, 1.54) is 0 Å². The van der Waals surface area contributed by atoms with E-state index in [9.17, 15) is 4.79 Å². The quantitative estimate of drug-likeness (QED) is 0.818. The van der Waals surface area contributed by atoms with Gasteiger partial charge in [0.2, 0.25) is 5.91 Å². The molecule has 0 unspecified atom stereocenters. The van der Waals surface area contributed by atoms with E-state index in [1.807, 2.05) is 37.7 Å². The van der Waals surface area contributed by atoms with Gasteiger partial charge in [-0.1, -0.05) is 0 Å². The van der Waals surface area contributed by atoms with Gasteiger partial charge in [-0.25, -0.2) is 4.68 Å². The Kier molecular flexibility index (Phi) is 5.32. The highest BCUT2D eigenvalue weighted by Gasteiger charge is 2.15. The first-order chi connectivity index (χ1) is 10.5. The molecule has 0 bridgehead atoms. The smallest absolute Gasteiger partial charge is 0.239 e. The fourth-order valence-electron chi connectivity index (χ4n) is 2.19. The lowest BCUT2D eigenvalue weighted by atomic mass is 10.2. The van der Waals surface area contributed by atoms with E-state index in [0.29, 0.717) is 0 Å². The molecule has 2 aromatic heterocycles. The van der Waals surface area contributed by atoms with Crippen molar-refractivity contribution in [2.24, 2.45) is 0 Å². The molecule has 0 aliphatic carbocycles. The number of hydrogen-bond acceptors (Lipinski definition) is 4. The third-order valence-corrected chi connectivity index (χ3v) is 3.68. The van der Waals surface area contributed by atoms with E-state index >= 15 is 0 Å². The Labute approximate surface area is 130 Å². The minimum absolute atomic E-state index is 0.0816. The second kappa shape index (κ2) is 7.22. The summed E-state index contributed by atoms with van der Waals surface area (Å²) in [5.74, 6) is 0.636. The molecule has 2 atom stereocenters. The molecule has 2 aromatic rings. The van der Waals surface area contributed by atoms with Crippen molar-refractivity contribution in [3.63, 3.8) is 0 Å². The van der Waals surface area contributed by atoms with Crippen LogP contribution in [0.25, 0.3) is 0 Å². The number of nitrogens with one attached hydrogen (secondary N) is 2. The van der Waals surface area contributed by atoms with Crippen molar-refractivity contribution in [1.29, 1.82) is 0 Å². The van der Waals surface area contributed by atoms with Crippen molar-refractivity contribution in [1.82, 2.24) is 24.9 Å². The molecule has 7 heteroatoms. The molecule has 2 rings (SSSR count). The lowest BCUT2D eigenvalue weighted by Gasteiger charge is -2.21. The first-order valence-corrected chi connectivity index (χ1v) is 7.55. The minimum atomic E-state index is -0.0816. The molecule has 0 radical (unpaired) electrons. The number of carbonyl (C=O) groups excluding carboxylic acids is 1. The summed E-state index contributed by atoms with van der Waals surface area (Å²) >= 11 is 0. The number of amides is 1. The van der Waals surface area contributed by atoms with Gasteiger partial charge in [-0.2, -0.15) is 10.2 Å². The summed E-state index contributed by atoms with van der Waals surface area (Å²) in [5.41, 5.74) is 0. The summed E-state index contributed by atoms with van der Waals surface area (Å²) in [7, 11) is 0. The van der Waals surface area contributed by atoms with E-state index in [1.54, 1.807) is 23.1 Å². The zero-order chi connectivity index (χ0) is 16.1. The van der Waals surface area contributed by atoms with Gasteiger partial charge < -0.3 is 10.6 Å². The highest BCUT2D eigenvalue weighted by molar-refractivity contribution is 5.91. The summed E-state index contributed by atoms with van der Waals surface area (Å²) in [6, 6.07) is 4.19. The number of carbonyl (C=O) groups is 1. The molecule has 120 valence electrons. The van der Waals surface area contributed by atoms with Gasteiger partial charge in [0.15, 0.2) is 0 Å². The van der Waals surface area contributed by atoms with Gasteiger partial charge in [0.25, 0.3) is 0 Å². The Hall–Kier alpha value is -2.15. The second-order valence-electron chi connectivity index (χ2n) is 5.70. The van der Waals surface area contributed by atoms with Crippen LogP contribution in [0.15, 0.2) is 30.7 Å². The Balaban J connectivity index is 1.83. The van der Waals surface area contributed by atoms with Crippen molar-refractivity contribution >= 4 is 11.7 Å². The summed E-state index contributed by atoms with van der Waals surface area (Å²) in [4.78, 5) is 12.1. The van der Waals surface area contributed by atoms with Crippen molar-refractivity contribution in [3.8, 4) is 0 Å². The Morgan fingerprint density at radius 3 is 2.64 bits per heavy atom. The van der Waals surface area contributed by atoms with Crippen LogP contribution in [-0.4, -0.2) is 38.1 Å². The standard InChI is InChI=1S/C15H24N6O/c1-11(2)21-14(6-8-18-21)19-15(22)10-16-12(3)13(4)20-9-5-7-17-20/h5-9,11-13,16H,10H2,1-4H3,(H,19,22)/t12-,13+/m0/s1. The average molecular weight is 304 g/mol. The predicted octanol–water partition coefficient (Wildman–Crippen LogP) is 1.84. The highest BCUT2D eigenvalue weighted by atomic mass is 16.2. The Bertz CT molecular complexity index is 589. The van der Waals surface area contributed by atoms with Gasteiger partial charge in [0.1, 0.15) is 5.82 Å². The Morgan fingerprint density at radius 1 is 1.23 bits per heavy atom. The van der Waals surface area contributed by atoms with Crippen LogP contribution in [-0.2, 0) is 4.79 Å². The zero-order valence-electron chi connectivity index (χ0n) is 13.5. The molecule has 0 spiro atoms. The fourth-order valence-corrected chi connectivity index (χ4v) is 2.19. The van der Waals surface area contributed by atoms with Crippen molar-refractivity contribution in [2.45, 2.75) is 45.8 Å². The van der Waals surface area contributed by atoms with Crippen LogP contribution in [0.3, 0.4) is 0 Å². The van der Waals surface area contributed by atoms with E-state index in [-0.39, 0.29) is 30.6 Å². The third-order valence-electron chi connectivity index (χ3n) is 3.68. The largest absolute Gasteiger partial charge is 0.310 e. The second-order valence-corrected chi connectivity index (χ2v) is 5.70. The van der Waals surface area contributed by atoms with E-state index in [4.69, 9.17) is 0 Å². The van der Waals surface area contributed by atoms with Crippen molar-refractivity contribution in [3.05, 3.63) is 30.7 Å². The van der Waals surface area contributed by atoms with E-state index in [2.05, 4.69) is 27.8 Å². The lowest BCUT2D eigenvalue weighted by molar-refractivity contribution is -0.115. The normalized spacial score (nSPS) is 14.0. The first kappa shape index (κ1) is 16.2. The summed E-state index contributed by atoms with van der Waals surface area (Å²) in [6.07, 6.45) is 5.36. The highest BCUT2D eigenvalue weighted by Crippen LogP contribution is 2.13. The summed E-state index contributed by atoms with van der Waals surface area (Å²) < 4.78 is 3.66. The maximum atomic E-state index is 12.1. The molecule has 2 heterocycles. The number of rotatable bonds is 7. The molecular weight excluding hydrogens is 280 g/mol. The van der Waals surface area contributed by atoms with Gasteiger partial charge in [-0.05, 0) is 33.8 Å². The number of aromatic nitrogens is 4. The number of anilines is 1. The third kappa shape index (κ3) is 3.94. The van der Waals surface area contributed by atoms with Gasteiger partial charge >= 0.3 is 0 Å². The zero-order valence-corrected chi connectivity index (χ0v) is 13.5. The topological polar surface area (TPSA) is 76.8 Å². The summed E-state index contributed by atoms with van der Waals surface area (Å²) in [6.45, 7) is 8.40. The molecule has 0 saturated carbocycles. The molecule has 0 aromatic carbocycles. The lowest BCUT2D eigenvalue weighted by Crippen LogP contribution is -2.39. The van der Waals surface area contributed by atoms with Crippen LogP contribution >= 0.6 is 0 Å². The van der Waals surface area contributed by atoms with Gasteiger partial charge in [0, 0.05) is 30.5 Å². The number of hydrogen-bond donors (Lipinski definition) is 2. The monoisotopic (exact) mass is 304 g/mol. The van der Waals surface area contributed by atoms with Crippen LogP contribution in [0.5, 0.6) is 0 Å². The predicted molar refractivity (Wildman–Crippen MR) is 85.6 cm³/mol. The van der Waals surface area contributed by atoms with Gasteiger partial charge in [0.05, 0.1) is 18.8 Å². The van der Waals surface area contributed by atoms with Crippen LogP contribution in [0.2, 0.25) is 0 Å². The van der Waals surface area contributed by atoms with Gasteiger partial charge in [-0.15, -0.1) is 0 Å². The average Bonchev–Trinajstić information content (AvgIpc) is 3.14. The van der Waals surface area contributed by atoms with Crippen molar-refractivity contribution < 1.29 is 4.79 Å². The van der Waals surface area contributed by atoms with Crippen LogP contribution < -0.4 is 10.6 Å². The van der Waals surface area contributed by atoms with E-state index in [0.717, 1.165) is 5.82 Å². The fraction of sp³-hybridized carbons (Fsp3) is 0.533. The summed E-state index contributed by atoms with van der Waals surface area (Å²) in [5, 5.41) is 14.5. The van der Waals surface area contributed by atoms with Crippen LogP contribution in [0.1, 0.15) is 39.8 Å². The minimum Gasteiger partial charge on any atom is -0.310 e. The van der Waals surface area contributed by atoms with Crippen LogP contribution in [0, 0.1) is 0 Å². The molecule has 2 N–H and O–H groups in total. The molecule has 1 amide bonds. The molecule has 22 heavy (non-hydrogen) atoms. The number of nitrogens with zero attached hydrogens (tertiary/aromatic N) is 4. The molecular formula is C15H24N6O. The molecule has 0 fully saturated rings. The van der Waals surface area contributed by atoms with Crippen molar-refractivity contribution in [2.75, 3.05) is 11.9 Å². The van der Waals surface area contributed by atoms with Gasteiger partial charge in [-0.3, -0.25) is 9.48 Å². The van der Waals surface area contributed by atoms with E-state index < -0.39 is 0 Å². The maximum Gasteiger partial charge on any atom is 0.239 e. The first-order valence-electron chi connectivity index (χ1n) is 7.55. The molecule has 0 aliphatic rings. The van der Waals surface area contributed by atoms with Crippen LogP contribution in [0.4, 0.5) is 5.82 Å². The molecule has 0 saturated heterocycles.